The summed E-state index contributed by atoms with van der Waals surface area (Å²) >= 11 is 0. The predicted octanol–water partition coefficient (Wildman–Crippen LogP) is 2.14. The predicted molar refractivity (Wildman–Crippen MR) is 62.0 cm³/mol. The molecule has 0 saturated carbocycles. The fourth-order valence-corrected chi connectivity index (χ4v) is 1.94. The number of aromatic amines is 1. The highest BCUT2D eigenvalue weighted by molar-refractivity contribution is 5.83. The Bertz CT molecular complexity index is 627. The van der Waals surface area contributed by atoms with E-state index < -0.39 is 0 Å². The van der Waals surface area contributed by atoms with Crippen LogP contribution in [0.3, 0.4) is 0 Å². The van der Waals surface area contributed by atoms with E-state index >= 15 is 0 Å². The molecule has 0 fully saturated rings. The largest absolute Gasteiger partial charge is 0.361 e. The zero-order valence-electron chi connectivity index (χ0n) is 9.10. The monoisotopic (exact) mass is 230 g/mol. The molecular weight excluding hydrogens is 219 g/mol. The van der Waals surface area contributed by atoms with E-state index in [9.17, 15) is 4.39 Å². The van der Waals surface area contributed by atoms with Gasteiger partial charge < -0.3 is 4.98 Å². The third kappa shape index (κ3) is 1.91. The lowest BCUT2D eigenvalue weighted by molar-refractivity contribution is 0.590. The molecule has 2 aromatic heterocycles. The van der Waals surface area contributed by atoms with E-state index in [0.717, 1.165) is 29.4 Å². The zero-order chi connectivity index (χ0) is 11.7. The molecule has 0 bridgehead atoms. The second kappa shape index (κ2) is 4.01. The average molecular weight is 230 g/mol. The minimum absolute atomic E-state index is 0.209. The van der Waals surface area contributed by atoms with Crippen LogP contribution in [0.15, 0.2) is 36.8 Å². The Hall–Kier alpha value is -2.17. The summed E-state index contributed by atoms with van der Waals surface area (Å²) in [6.45, 7) is 0.740. The van der Waals surface area contributed by atoms with Gasteiger partial charge in [-0.05, 0) is 30.2 Å². The van der Waals surface area contributed by atoms with Crippen LogP contribution in [0.1, 0.15) is 5.56 Å². The molecule has 86 valence electrons. The number of hydrogen-bond acceptors (Lipinski definition) is 2. The van der Waals surface area contributed by atoms with Gasteiger partial charge in [0.05, 0.1) is 6.20 Å². The molecule has 0 aliphatic rings. The van der Waals surface area contributed by atoms with Crippen molar-refractivity contribution in [2.75, 3.05) is 0 Å². The Morgan fingerprint density at radius 3 is 3.12 bits per heavy atom. The molecule has 5 heteroatoms. The van der Waals surface area contributed by atoms with Gasteiger partial charge in [-0.1, -0.05) is 5.21 Å². The van der Waals surface area contributed by atoms with Crippen LogP contribution < -0.4 is 0 Å². The molecule has 0 atom stereocenters. The standard InChI is InChI=1S/C12H11FN4/c13-10-1-2-12-11(7-10)9(8-14-12)3-5-17-6-4-15-16-17/h1-2,4,6-8,14H,3,5H2. The highest BCUT2D eigenvalue weighted by Crippen LogP contribution is 2.20. The van der Waals surface area contributed by atoms with Crippen molar-refractivity contribution >= 4 is 10.9 Å². The first-order valence-corrected chi connectivity index (χ1v) is 5.42. The van der Waals surface area contributed by atoms with Gasteiger partial charge in [0.15, 0.2) is 0 Å². The van der Waals surface area contributed by atoms with Gasteiger partial charge in [-0.3, -0.25) is 4.68 Å². The van der Waals surface area contributed by atoms with Gasteiger partial charge in [0.25, 0.3) is 0 Å². The van der Waals surface area contributed by atoms with Crippen LogP contribution in [0, 0.1) is 5.82 Å². The highest BCUT2D eigenvalue weighted by atomic mass is 19.1. The minimum atomic E-state index is -0.209. The van der Waals surface area contributed by atoms with E-state index in [1.54, 1.807) is 23.0 Å². The van der Waals surface area contributed by atoms with E-state index in [0.29, 0.717) is 0 Å². The lowest BCUT2D eigenvalue weighted by atomic mass is 10.1. The van der Waals surface area contributed by atoms with Gasteiger partial charge in [-0.2, -0.15) is 0 Å². The summed E-state index contributed by atoms with van der Waals surface area (Å²) in [6, 6.07) is 4.77. The number of rotatable bonds is 3. The van der Waals surface area contributed by atoms with Crippen LogP contribution >= 0.6 is 0 Å². The molecule has 0 unspecified atom stereocenters. The third-order valence-electron chi connectivity index (χ3n) is 2.81. The Balaban J connectivity index is 1.87. The molecule has 3 aromatic rings. The number of halogens is 1. The van der Waals surface area contributed by atoms with Gasteiger partial charge in [-0.25, -0.2) is 4.39 Å². The minimum Gasteiger partial charge on any atom is -0.361 e. The molecule has 3 rings (SSSR count). The average Bonchev–Trinajstić information content (AvgIpc) is 2.94. The van der Waals surface area contributed by atoms with E-state index in [4.69, 9.17) is 0 Å². The SMILES string of the molecule is Fc1ccc2[nH]cc(CCn3ccnn3)c2c1. The molecule has 0 aliphatic carbocycles. The summed E-state index contributed by atoms with van der Waals surface area (Å²) in [5, 5.41) is 8.57. The smallest absolute Gasteiger partial charge is 0.123 e. The van der Waals surface area contributed by atoms with Crippen LogP contribution in [-0.2, 0) is 13.0 Å². The molecule has 17 heavy (non-hydrogen) atoms. The number of benzene rings is 1. The van der Waals surface area contributed by atoms with Crippen molar-refractivity contribution in [3.63, 3.8) is 0 Å². The molecule has 1 N–H and O–H groups in total. The maximum atomic E-state index is 13.2. The zero-order valence-corrected chi connectivity index (χ0v) is 9.10. The van der Waals surface area contributed by atoms with Crippen LogP contribution in [0.2, 0.25) is 0 Å². The lowest BCUT2D eigenvalue weighted by Crippen LogP contribution is -2.01. The van der Waals surface area contributed by atoms with Crippen molar-refractivity contribution in [2.24, 2.45) is 0 Å². The summed E-state index contributed by atoms with van der Waals surface area (Å²) < 4.78 is 14.9. The van der Waals surface area contributed by atoms with Crippen molar-refractivity contribution in [3.8, 4) is 0 Å². The van der Waals surface area contributed by atoms with Crippen molar-refractivity contribution in [1.82, 2.24) is 20.0 Å². The topological polar surface area (TPSA) is 46.5 Å². The second-order valence-corrected chi connectivity index (χ2v) is 3.92. The van der Waals surface area contributed by atoms with E-state index in [1.807, 2.05) is 12.4 Å². The third-order valence-corrected chi connectivity index (χ3v) is 2.81. The summed E-state index contributed by atoms with van der Waals surface area (Å²) in [5.74, 6) is -0.209. The molecular formula is C12H11FN4. The van der Waals surface area contributed by atoms with Crippen LogP contribution in [-0.4, -0.2) is 20.0 Å². The van der Waals surface area contributed by atoms with Crippen LogP contribution in [0.25, 0.3) is 10.9 Å². The maximum absolute atomic E-state index is 13.2. The highest BCUT2D eigenvalue weighted by Gasteiger charge is 2.05. The molecule has 1 aromatic carbocycles. The first-order chi connectivity index (χ1) is 8.33. The molecule has 0 spiro atoms. The molecule has 0 amide bonds. The van der Waals surface area contributed by atoms with E-state index in [-0.39, 0.29) is 5.82 Å². The summed E-state index contributed by atoms with van der Waals surface area (Å²) in [5.41, 5.74) is 2.05. The molecule has 0 saturated heterocycles. The van der Waals surface area contributed by atoms with Crippen molar-refractivity contribution in [1.29, 1.82) is 0 Å². The first-order valence-electron chi connectivity index (χ1n) is 5.42. The first kappa shape index (κ1) is 10.0. The molecule has 2 heterocycles. The fraction of sp³-hybridized carbons (Fsp3) is 0.167. The van der Waals surface area contributed by atoms with Gasteiger partial charge in [0, 0.05) is 29.8 Å². The maximum Gasteiger partial charge on any atom is 0.123 e. The quantitative estimate of drug-likeness (QED) is 0.749. The van der Waals surface area contributed by atoms with Crippen LogP contribution in [0.4, 0.5) is 4.39 Å². The number of nitrogens with zero attached hydrogens (tertiary/aromatic N) is 3. The van der Waals surface area contributed by atoms with E-state index in [1.165, 1.54) is 6.07 Å². The number of aromatic nitrogens is 4. The van der Waals surface area contributed by atoms with Gasteiger partial charge in [-0.15, -0.1) is 5.10 Å². The number of aryl methyl sites for hydroxylation is 2. The van der Waals surface area contributed by atoms with Gasteiger partial charge in [0.2, 0.25) is 0 Å². The second-order valence-electron chi connectivity index (χ2n) is 3.92. The summed E-state index contributed by atoms with van der Waals surface area (Å²) in [6.07, 6.45) is 6.18. The lowest BCUT2D eigenvalue weighted by Gasteiger charge is -1.99. The number of H-pyrrole nitrogens is 1. The Kier molecular flexibility index (Phi) is 2.36. The molecule has 0 radical (unpaired) electrons. The Morgan fingerprint density at radius 1 is 1.35 bits per heavy atom. The van der Waals surface area contributed by atoms with Crippen molar-refractivity contribution < 1.29 is 4.39 Å². The summed E-state index contributed by atoms with van der Waals surface area (Å²) in [7, 11) is 0. The summed E-state index contributed by atoms with van der Waals surface area (Å²) in [4.78, 5) is 3.13. The normalized spacial score (nSPS) is 11.1. The number of hydrogen-bond donors (Lipinski definition) is 1. The molecule has 0 aliphatic heterocycles. The van der Waals surface area contributed by atoms with E-state index in [2.05, 4.69) is 15.3 Å². The van der Waals surface area contributed by atoms with Crippen LogP contribution in [0.5, 0.6) is 0 Å². The Labute approximate surface area is 97.1 Å². The Morgan fingerprint density at radius 2 is 2.29 bits per heavy atom. The number of fused-ring (bicyclic) bond motifs is 1. The van der Waals surface area contributed by atoms with Crippen molar-refractivity contribution in [2.45, 2.75) is 13.0 Å². The van der Waals surface area contributed by atoms with Gasteiger partial charge in [0.1, 0.15) is 5.82 Å². The van der Waals surface area contributed by atoms with Crippen molar-refractivity contribution in [3.05, 3.63) is 48.2 Å². The fourth-order valence-electron chi connectivity index (χ4n) is 1.94. The molecule has 4 nitrogen and oxygen atoms in total. The van der Waals surface area contributed by atoms with Gasteiger partial charge >= 0.3 is 0 Å². The number of nitrogens with one attached hydrogen (secondary N) is 1.